The zero-order valence-electron chi connectivity index (χ0n) is 16.3. The van der Waals surface area contributed by atoms with Crippen molar-refractivity contribution in [2.45, 2.75) is 31.2 Å². The van der Waals surface area contributed by atoms with Gasteiger partial charge in [-0.3, -0.25) is 4.79 Å². The number of hydrogen-bond acceptors (Lipinski definition) is 6. The van der Waals surface area contributed by atoms with Crippen molar-refractivity contribution in [3.63, 3.8) is 0 Å². The summed E-state index contributed by atoms with van der Waals surface area (Å²) in [5.41, 5.74) is 4.65. The molecule has 1 N–H and O–H groups in total. The predicted octanol–water partition coefficient (Wildman–Crippen LogP) is 4.90. The Bertz CT molecular complexity index is 924. The SMILES string of the molecule is CCc1ccc(Nc2nnc(SCC(=O)N(C)Cc3ccccc3C)s2)cc1. The second-order valence-electron chi connectivity index (χ2n) is 6.51. The van der Waals surface area contributed by atoms with Crippen molar-refractivity contribution in [3.05, 3.63) is 65.2 Å². The molecule has 28 heavy (non-hydrogen) atoms. The molecule has 0 saturated carbocycles. The Balaban J connectivity index is 1.50. The van der Waals surface area contributed by atoms with Gasteiger partial charge in [-0.25, -0.2) is 0 Å². The van der Waals surface area contributed by atoms with Crippen LogP contribution in [0.2, 0.25) is 0 Å². The van der Waals surface area contributed by atoms with E-state index < -0.39 is 0 Å². The first kappa shape index (κ1) is 20.4. The maximum Gasteiger partial charge on any atom is 0.233 e. The Kier molecular flexibility index (Phi) is 7.06. The normalized spacial score (nSPS) is 10.7. The molecule has 0 bridgehead atoms. The largest absolute Gasteiger partial charge is 0.341 e. The number of rotatable bonds is 8. The summed E-state index contributed by atoms with van der Waals surface area (Å²) in [7, 11) is 1.84. The number of nitrogens with zero attached hydrogens (tertiary/aromatic N) is 3. The molecule has 146 valence electrons. The Morgan fingerprint density at radius 2 is 1.89 bits per heavy atom. The molecule has 3 aromatic rings. The van der Waals surface area contributed by atoms with Gasteiger partial charge in [0.1, 0.15) is 0 Å². The number of anilines is 2. The van der Waals surface area contributed by atoms with Crippen LogP contribution in [0.1, 0.15) is 23.6 Å². The molecular formula is C21H24N4OS2. The van der Waals surface area contributed by atoms with Crippen LogP contribution >= 0.6 is 23.1 Å². The molecule has 0 spiro atoms. The third-order valence-corrected chi connectivity index (χ3v) is 6.39. The van der Waals surface area contributed by atoms with Crippen LogP contribution in [-0.4, -0.2) is 33.8 Å². The number of carbonyl (C=O) groups is 1. The summed E-state index contributed by atoms with van der Waals surface area (Å²) in [5, 5.41) is 12.3. The predicted molar refractivity (Wildman–Crippen MR) is 117 cm³/mol. The second kappa shape index (κ2) is 9.71. The Morgan fingerprint density at radius 3 is 2.61 bits per heavy atom. The molecule has 0 aliphatic carbocycles. The topological polar surface area (TPSA) is 58.1 Å². The fourth-order valence-electron chi connectivity index (χ4n) is 2.63. The van der Waals surface area contributed by atoms with Gasteiger partial charge in [-0.05, 0) is 42.2 Å². The highest BCUT2D eigenvalue weighted by Gasteiger charge is 2.13. The molecule has 5 nitrogen and oxygen atoms in total. The number of nitrogens with one attached hydrogen (secondary N) is 1. The molecule has 0 aliphatic rings. The van der Waals surface area contributed by atoms with E-state index in [0.717, 1.165) is 21.6 Å². The smallest absolute Gasteiger partial charge is 0.233 e. The molecule has 1 heterocycles. The minimum absolute atomic E-state index is 0.0770. The number of thioether (sulfide) groups is 1. The van der Waals surface area contributed by atoms with Crippen molar-refractivity contribution in [1.82, 2.24) is 15.1 Å². The highest BCUT2D eigenvalue weighted by molar-refractivity contribution is 8.01. The van der Waals surface area contributed by atoms with Crippen molar-refractivity contribution >= 4 is 39.8 Å². The Morgan fingerprint density at radius 1 is 1.14 bits per heavy atom. The molecule has 0 unspecified atom stereocenters. The summed E-state index contributed by atoms with van der Waals surface area (Å²) in [6, 6.07) is 16.4. The fraction of sp³-hybridized carbons (Fsp3) is 0.286. The molecule has 1 aromatic heterocycles. The molecule has 0 saturated heterocycles. The molecule has 2 aromatic carbocycles. The lowest BCUT2D eigenvalue weighted by Crippen LogP contribution is -2.28. The third-order valence-electron chi connectivity index (χ3n) is 4.43. The van der Waals surface area contributed by atoms with Gasteiger partial charge in [0.2, 0.25) is 11.0 Å². The number of aromatic nitrogens is 2. The highest BCUT2D eigenvalue weighted by atomic mass is 32.2. The maximum absolute atomic E-state index is 12.4. The van der Waals surface area contributed by atoms with Crippen LogP contribution < -0.4 is 5.32 Å². The van der Waals surface area contributed by atoms with Gasteiger partial charge in [-0.1, -0.05) is 66.4 Å². The van der Waals surface area contributed by atoms with Gasteiger partial charge in [0, 0.05) is 19.3 Å². The van der Waals surface area contributed by atoms with Gasteiger partial charge >= 0.3 is 0 Å². The summed E-state index contributed by atoms with van der Waals surface area (Å²) < 4.78 is 0.783. The molecule has 0 radical (unpaired) electrons. The fourth-order valence-corrected chi connectivity index (χ4v) is 4.34. The lowest BCUT2D eigenvalue weighted by Gasteiger charge is -2.18. The van der Waals surface area contributed by atoms with Gasteiger partial charge in [0.05, 0.1) is 5.75 Å². The van der Waals surface area contributed by atoms with Crippen molar-refractivity contribution in [2.75, 3.05) is 18.1 Å². The molecule has 3 rings (SSSR count). The summed E-state index contributed by atoms with van der Waals surface area (Å²) >= 11 is 2.88. The summed E-state index contributed by atoms with van der Waals surface area (Å²) in [5.74, 6) is 0.426. The zero-order chi connectivity index (χ0) is 19.9. The number of carbonyl (C=O) groups excluding carboxylic acids is 1. The van der Waals surface area contributed by atoms with Crippen molar-refractivity contribution in [1.29, 1.82) is 0 Å². The zero-order valence-corrected chi connectivity index (χ0v) is 17.9. The first-order valence-corrected chi connectivity index (χ1v) is 11.0. The Hall–Kier alpha value is -2.38. The van der Waals surface area contributed by atoms with Crippen molar-refractivity contribution in [3.8, 4) is 0 Å². The van der Waals surface area contributed by atoms with Gasteiger partial charge < -0.3 is 10.2 Å². The average molecular weight is 413 g/mol. The van der Waals surface area contributed by atoms with E-state index in [2.05, 4.69) is 53.6 Å². The first-order chi connectivity index (χ1) is 13.5. The van der Waals surface area contributed by atoms with Gasteiger partial charge in [0.15, 0.2) is 4.34 Å². The van der Waals surface area contributed by atoms with Crippen LogP contribution in [0.4, 0.5) is 10.8 Å². The molecule has 7 heteroatoms. The van der Waals surface area contributed by atoms with E-state index in [9.17, 15) is 4.79 Å². The lowest BCUT2D eigenvalue weighted by atomic mass is 10.1. The molecule has 0 aliphatic heterocycles. The van der Waals surface area contributed by atoms with Gasteiger partial charge in [0.25, 0.3) is 0 Å². The maximum atomic E-state index is 12.4. The summed E-state index contributed by atoms with van der Waals surface area (Å²) in [4.78, 5) is 14.2. The van der Waals surface area contributed by atoms with E-state index in [1.807, 2.05) is 31.3 Å². The van der Waals surface area contributed by atoms with Crippen LogP contribution in [0, 0.1) is 6.92 Å². The lowest BCUT2D eigenvalue weighted by molar-refractivity contribution is -0.127. The van der Waals surface area contributed by atoms with Crippen molar-refractivity contribution in [2.24, 2.45) is 0 Å². The highest BCUT2D eigenvalue weighted by Crippen LogP contribution is 2.28. The number of amides is 1. The van der Waals surface area contributed by atoms with Gasteiger partial charge in [-0.15, -0.1) is 10.2 Å². The molecule has 0 fully saturated rings. The number of aryl methyl sites for hydroxylation is 2. The summed E-state index contributed by atoms with van der Waals surface area (Å²) in [6.07, 6.45) is 1.02. The molecular weight excluding hydrogens is 388 g/mol. The Labute approximate surface area is 174 Å². The number of benzene rings is 2. The molecule has 1 amide bonds. The van der Waals surface area contributed by atoms with Crippen LogP contribution in [0.5, 0.6) is 0 Å². The van der Waals surface area contributed by atoms with E-state index in [1.54, 1.807) is 4.90 Å². The monoisotopic (exact) mass is 412 g/mol. The van der Waals surface area contributed by atoms with Crippen molar-refractivity contribution < 1.29 is 4.79 Å². The van der Waals surface area contributed by atoms with E-state index in [0.29, 0.717) is 12.3 Å². The quantitative estimate of drug-likeness (QED) is 0.533. The second-order valence-corrected chi connectivity index (χ2v) is 8.71. The van der Waals surface area contributed by atoms with E-state index >= 15 is 0 Å². The van der Waals surface area contributed by atoms with E-state index in [1.165, 1.54) is 39.8 Å². The molecule has 0 atom stereocenters. The first-order valence-electron chi connectivity index (χ1n) is 9.16. The van der Waals surface area contributed by atoms with Gasteiger partial charge in [-0.2, -0.15) is 0 Å². The van der Waals surface area contributed by atoms with Crippen LogP contribution in [0.15, 0.2) is 52.9 Å². The minimum Gasteiger partial charge on any atom is -0.341 e. The van der Waals surface area contributed by atoms with E-state index in [-0.39, 0.29) is 5.91 Å². The van der Waals surface area contributed by atoms with E-state index in [4.69, 9.17) is 0 Å². The minimum atomic E-state index is 0.0770. The van der Waals surface area contributed by atoms with Crippen LogP contribution in [-0.2, 0) is 17.8 Å². The summed E-state index contributed by atoms with van der Waals surface area (Å²) in [6.45, 7) is 4.81. The van der Waals surface area contributed by atoms with Crippen LogP contribution in [0.25, 0.3) is 0 Å². The average Bonchev–Trinajstić information content (AvgIpc) is 3.15. The standard InChI is InChI=1S/C21H24N4OS2/c1-4-16-9-11-18(12-10-16)22-20-23-24-21(28-20)27-14-19(26)25(3)13-17-8-6-5-7-15(17)2/h5-12H,4,13-14H2,1-3H3,(H,22,23). The van der Waals surface area contributed by atoms with Crippen LogP contribution in [0.3, 0.4) is 0 Å². The third kappa shape index (κ3) is 5.56. The number of hydrogen-bond donors (Lipinski definition) is 1.